The van der Waals surface area contributed by atoms with Gasteiger partial charge in [-0.25, -0.2) is 4.39 Å². The molecule has 0 heterocycles. The van der Waals surface area contributed by atoms with Crippen LogP contribution in [0.3, 0.4) is 0 Å². The summed E-state index contributed by atoms with van der Waals surface area (Å²) >= 11 is 1.21. The Morgan fingerprint density at radius 2 is 2.05 bits per heavy atom. The maximum atomic E-state index is 13.8. The van der Waals surface area contributed by atoms with E-state index in [0.717, 1.165) is 5.56 Å². The topological polar surface area (TPSA) is 52.5 Å². The van der Waals surface area contributed by atoms with Gasteiger partial charge in [0.2, 0.25) is 0 Å². The van der Waals surface area contributed by atoms with Gasteiger partial charge in [-0.05, 0) is 38.5 Å². The van der Waals surface area contributed by atoms with Crippen LogP contribution in [0.15, 0.2) is 23.1 Å². The lowest BCUT2D eigenvalue weighted by Crippen LogP contribution is -2.35. The van der Waals surface area contributed by atoms with Crippen molar-refractivity contribution in [2.45, 2.75) is 43.9 Å². The predicted molar refractivity (Wildman–Crippen MR) is 76.8 cm³/mol. The fourth-order valence-electron chi connectivity index (χ4n) is 1.38. The molecule has 0 aliphatic rings. The van der Waals surface area contributed by atoms with Gasteiger partial charge in [0, 0.05) is 22.7 Å². The van der Waals surface area contributed by atoms with E-state index in [2.05, 4.69) is 26.1 Å². The van der Waals surface area contributed by atoms with Gasteiger partial charge in [-0.15, -0.1) is 11.8 Å². The van der Waals surface area contributed by atoms with E-state index >= 15 is 0 Å². The molecule has 0 aliphatic heterocycles. The molecular weight excluding hydrogens is 265 g/mol. The van der Waals surface area contributed by atoms with Crippen molar-refractivity contribution < 1.29 is 14.6 Å². The first kappa shape index (κ1) is 16.4. The van der Waals surface area contributed by atoms with Crippen molar-refractivity contribution in [3.63, 3.8) is 0 Å². The number of rotatable bonds is 6. The van der Waals surface area contributed by atoms with Crippen molar-refractivity contribution in [3.05, 3.63) is 29.6 Å². The first-order chi connectivity index (χ1) is 8.81. The van der Waals surface area contributed by atoms with Gasteiger partial charge >= 0.3 is 0 Å². The molecule has 0 spiro atoms. The van der Waals surface area contributed by atoms with Crippen molar-refractivity contribution in [3.8, 4) is 0 Å². The lowest BCUT2D eigenvalue weighted by Gasteiger charge is -2.20. The number of aliphatic hydroxyl groups is 2. The zero-order valence-corrected chi connectivity index (χ0v) is 12.4. The van der Waals surface area contributed by atoms with Gasteiger partial charge in [0.15, 0.2) is 0 Å². The lowest BCUT2D eigenvalue weighted by molar-refractivity contribution is 0.113. The van der Waals surface area contributed by atoms with Crippen LogP contribution in [0.1, 0.15) is 26.3 Å². The highest BCUT2D eigenvalue weighted by Gasteiger charge is 2.11. The molecule has 0 aliphatic carbocycles. The standard InChI is InChI=1S/C14H22FNO2S/c1-14(2,3)16-7-10-4-5-13(12(15)6-10)19-9-11(18)8-17/h4-6,11,16-18H,7-9H2,1-3H3. The number of thioether (sulfide) groups is 1. The second kappa shape index (κ2) is 7.24. The van der Waals surface area contributed by atoms with E-state index < -0.39 is 6.10 Å². The summed E-state index contributed by atoms with van der Waals surface area (Å²) < 4.78 is 13.8. The van der Waals surface area contributed by atoms with E-state index in [0.29, 0.717) is 11.4 Å². The van der Waals surface area contributed by atoms with Crippen LogP contribution in [0.4, 0.5) is 4.39 Å². The summed E-state index contributed by atoms with van der Waals surface area (Å²) in [4.78, 5) is 0.493. The minimum atomic E-state index is -0.813. The van der Waals surface area contributed by atoms with Crippen molar-refractivity contribution in [2.75, 3.05) is 12.4 Å². The van der Waals surface area contributed by atoms with E-state index in [4.69, 9.17) is 5.11 Å². The second-order valence-electron chi connectivity index (χ2n) is 5.52. The second-order valence-corrected chi connectivity index (χ2v) is 6.58. The third kappa shape index (κ3) is 6.38. The monoisotopic (exact) mass is 287 g/mol. The van der Waals surface area contributed by atoms with Crippen LogP contribution in [-0.4, -0.2) is 34.2 Å². The van der Waals surface area contributed by atoms with E-state index in [9.17, 15) is 9.50 Å². The highest BCUT2D eigenvalue weighted by molar-refractivity contribution is 7.99. The predicted octanol–water partition coefficient (Wildman–Crippen LogP) is 2.16. The van der Waals surface area contributed by atoms with Crippen molar-refractivity contribution >= 4 is 11.8 Å². The van der Waals surface area contributed by atoms with E-state index in [1.807, 2.05) is 6.07 Å². The molecular formula is C14H22FNO2S. The van der Waals surface area contributed by atoms with Crippen molar-refractivity contribution in [1.29, 1.82) is 0 Å². The van der Waals surface area contributed by atoms with Crippen molar-refractivity contribution in [2.24, 2.45) is 0 Å². The molecule has 0 bridgehead atoms. The van der Waals surface area contributed by atoms with Crippen molar-refractivity contribution in [1.82, 2.24) is 5.32 Å². The number of benzene rings is 1. The fourth-order valence-corrected chi connectivity index (χ4v) is 2.22. The van der Waals surface area contributed by atoms with Crippen LogP contribution < -0.4 is 5.32 Å². The van der Waals surface area contributed by atoms with Gasteiger partial charge in [0.05, 0.1) is 12.7 Å². The summed E-state index contributed by atoms with van der Waals surface area (Å²) in [7, 11) is 0. The Kier molecular flexibility index (Phi) is 6.26. The Hall–Kier alpha value is -0.620. The molecule has 1 unspecified atom stereocenters. The fraction of sp³-hybridized carbons (Fsp3) is 0.571. The quantitative estimate of drug-likeness (QED) is 0.702. The van der Waals surface area contributed by atoms with Gasteiger partial charge < -0.3 is 15.5 Å². The molecule has 0 aromatic heterocycles. The smallest absolute Gasteiger partial charge is 0.137 e. The number of aliphatic hydroxyl groups excluding tert-OH is 2. The molecule has 1 aromatic carbocycles. The molecule has 0 saturated carbocycles. The maximum absolute atomic E-state index is 13.8. The van der Waals surface area contributed by atoms with Crippen LogP contribution in [0.2, 0.25) is 0 Å². The minimum absolute atomic E-state index is 0.00483. The summed E-state index contributed by atoms with van der Waals surface area (Å²) in [5.41, 5.74) is 0.884. The van der Waals surface area contributed by atoms with Gasteiger partial charge in [0.1, 0.15) is 5.82 Å². The highest BCUT2D eigenvalue weighted by atomic mass is 32.2. The summed E-state index contributed by atoms with van der Waals surface area (Å²) in [6, 6.07) is 5.09. The molecule has 3 nitrogen and oxygen atoms in total. The number of hydrogen-bond acceptors (Lipinski definition) is 4. The largest absolute Gasteiger partial charge is 0.394 e. The minimum Gasteiger partial charge on any atom is -0.394 e. The Morgan fingerprint density at radius 3 is 2.58 bits per heavy atom. The third-order valence-corrected chi connectivity index (χ3v) is 3.65. The van der Waals surface area contributed by atoms with Gasteiger partial charge in [-0.1, -0.05) is 6.07 Å². The van der Waals surface area contributed by atoms with Crippen LogP contribution >= 0.6 is 11.8 Å². The number of hydrogen-bond donors (Lipinski definition) is 3. The van der Waals surface area contributed by atoms with Crippen LogP contribution in [0, 0.1) is 5.82 Å². The molecule has 0 radical (unpaired) electrons. The summed E-state index contributed by atoms with van der Waals surface area (Å²) in [6.45, 7) is 6.49. The summed E-state index contributed by atoms with van der Waals surface area (Å²) in [6.07, 6.45) is -0.813. The van der Waals surface area contributed by atoms with E-state index in [1.165, 1.54) is 17.8 Å². The van der Waals surface area contributed by atoms with Crippen LogP contribution in [0.25, 0.3) is 0 Å². The Balaban J connectivity index is 2.59. The lowest BCUT2D eigenvalue weighted by atomic mass is 10.1. The molecule has 3 N–H and O–H groups in total. The van der Waals surface area contributed by atoms with Gasteiger partial charge in [-0.2, -0.15) is 0 Å². The highest BCUT2D eigenvalue weighted by Crippen LogP contribution is 2.23. The van der Waals surface area contributed by atoms with E-state index in [1.54, 1.807) is 6.07 Å². The molecule has 0 saturated heterocycles. The SMILES string of the molecule is CC(C)(C)NCc1ccc(SCC(O)CO)c(F)c1. The van der Waals surface area contributed by atoms with E-state index in [-0.39, 0.29) is 23.7 Å². The first-order valence-electron chi connectivity index (χ1n) is 6.27. The molecule has 1 aromatic rings. The van der Waals surface area contributed by atoms with Crippen LogP contribution in [0.5, 0.6) is 0 Å². The zero-order valence-electron chi connectivity index (χ0n) is 11.6. The Bertz CT molecular complexity index is 407. The van der Waals surface area contributed by atoms with Gasteiger partial charge in [-0.3, -0.25) is 0 Å². The summed E-state index contributed by atoms with van der Waals surface area (Å²) in [5.74, 6) is -0.00384. The Labute approximate surface area is 118 Å². The average molecular weight is 287 g/mol. The molecule has 19 heavy (non-hydrogen) atoms. The molecule has 0 fully saturated rings. The molecule has 5 heteroatoms. The Morgan fingerprint density at radius 1 is 1.37 bits per heavy atom. The zero-order chi connectivity index (χ0) is 14.5. The summed E-state index contributed by atoms with van der Waals surface area (Å²) in [5, 5.41) is 21.2. The third-order valence-electron chi connectivity index (χ3n) is 2.46. The average Bonchev–Trinajstić information content (AvgIpc) is 2.34. The number of halogens is 1. The van der Waals surface area contributed by atoms with Gasteiger partial charge in [0.25, 0.3) is 0 Å². The first-order valence-corrected chi connectivity index (χ1v) is 7.25. The molecule has 1 atom stereocenters. The number of nitrogens with one attached hydrogen (secondary N) is 1. The molecule has 108 valence electrons. The maximum Gasteiger partial charge on any atom is 0.137 e. The molecule has 1 rings (SSSR count). The normalized spacial score (nSPS) is 13.6. The molecule has 0 amide bonds. The van der Waals surface area contributed by atoms with Crippen LogP contribution in [-0.2, 0) is 6.54 Å².